The molecule has 9 heteroatoms. The molecule has 3 rings (SSSR count). The highest BCUT2D eigenvalue weighted by atomic mass is 32.2. The third-order valence-corrected chi connectivity index (χ3v) is 6.62. The molecule has 0 bridgehead atoms. The van der Waals surface area contributed by atoms with Gasteiger partial charge in [0, 0.05) is 24.2 Å². The SMILES string of the molecule is CCOc1ccc(NS(=O)(=O)c2cc(C(=O)N3CCOCC3)cs2)cc1. The van der Waals surface area contributed by atoms with Crippen molar-refractivity contribution < 1.29 is 22.7 Å². The molecule has 0 unspecified atom stereocenters. The fourth-order valence-corrected chi connectivity index (χ4v) is 4.72. The molecule has 1 saturated heterocycles. The standard InChI is InChI=1S/C17H20N2O5S2/c1-2-24-15-5-3-14(4-6-15)18-26(21,22)16-11-13(12-25-16)17(20)19-7-9-23-10-8-19/h3-6,11-12,18H,2,7-10H2,1H3. The largest absolute Gasteiger partial charge is 0.494 e. The van der Waals surface area contributed by atoms with Gasteiger partial charge in [0.05, 0.1) is 25.4 Å². The minimum atomic E-state index is -3.75. The topological polar surface area (TPSA) is 84.9 Å². The number of thiophene rings is 1. The smallest absolute Gasteiger partial charge is 0.271 e. The molecule has 1 aromatic carbocycles. The van der Waals surface area contributed by atoms with E-state index in [0.29, 0.717) is 49.9 Å². The maximum absolute atomic E-state index is 12.5. The zero-order chi connectivity index (χ0) is 18.6. The number of rotatable bonds is 6. The normalized spacial score (nSPS) is 14.9. The van der Waals surface area contributed by atoms with E-state index in [1.807, 2.05) is 6.92 Å². The first-order valence-corrected chi connectivity index (χ1v) is 10.6. The van der Waals surface area contributed by atoms with Crippen molar-refractivity contribution in [2.24, 2.45) is 0 Å². The summed E-state index contributed by atoms with van der Waals surface area (Å²) in [6.07, 6.45) is 0. The lowest BCUT2D eigenvalue weighted by Gasteiger charge is -2.26. The quantitative estimate of drug-likeness (QED) is 0.811. The van der Waals surface area contributed by atoms with Gasteiger partial charge in [0.1, 0.15) is 9.96 Å². The van der Waals surface area contributed by atoms with E-state index in [2.05, 4.69) is 4.72 Å². The van der Waals surface area contributed by atoms with Gasteiger partial charge >= 0.3 is 0 Å². The summed E-state index contributed by atoms with van der Waals surface area (Å²) < 4.78 is 38.3. The van der Waals surface area contributed by atoms with Crippen LogP contribution in [0.2, 0.25) is 0 Å². The van der Waals surface area contributed by atoms with Crippen molar-refractivity contribution in [1.82, 2.24) is 4.90 Å². The van der Waals surface area contributed by atoms with Crippen LogP contribution in [-0.4, -0.2) is 52.1 Å². The van der Waals surface area contributed by atoms with E-state index in [1.54, 1.807) is 34.5 Å². The Labute approximate surface area is 156 Å². The Kier molecular flexibility index (Phi) is 5.80. The van der Waals surface area contributed by atoms with Crippen LogP contribution in [0.4, 0.5) is 5.69 Å². The summed E-state index contributed by atoms with van der Waals surface area (Å²) in [5.41, 5.74) is 0.812. The highest BCUT2D eigenvalue weighted by Crippen LogP contribution is 2.25. The van der Waals surface area contributed by atoms with Gasteiger partial charge in [-0.1, -0.05) is 0 Å². The number of carbonyl (C=O) groups is 1. The maximum Gasteiger partial charge on any atom is 0.271 e. The van der Waals surface area contributed by atoms with Crippen LogP contribution in [0.25, 0.3) is 0 Å². The fourth-order valence-electron chi connectivity index (χ4n) is 2.51. The van der Waals surface area contributed by atoms with Gasteiger partial charge in [0.25, 0.3) is 15.9 Å². The van der Waals surface area contributed by atoms with Gasteiger partial charge in [-0.2, -0.15) is 0 Å². The number of hydrogen-bond acceptors (Lipinski definition) is 6. The number of nitrogens with zero attached hydrogens (tertiary/aromatic N) is 1. The molecule has 26 heavy (non-hydrogen) atoms. The minimum absolute atomic E-state index is 0.1000. The first-order chi connectivity index (χ1) is 12.5. The van der Waals surface area contributed by atoms with Gasteiger partial charge in [-0.3, -0.25) is 9.52 Å². The molecule has 140 valence electrons. The van der Waals surface area contributed by atoms with Gasteiger partial charge in [-0.25, -0.2) is 8.42 Å². The summed E-state index contributed by atoms with van der Waals surface area (Å²) in [5, 5.41) is 1.57. The second-order valence-corrected chi connectivity index (χ2v) is 8.44. The predicted octanol–water partition coefficient (Wildman–Crippen LogP) is 2.42. The number of carbonyl (C=O) groups excluding carboxylic acids is 1. The Bertz CT molecular complexity index is 856. The van der Waals surface area contributed by atoms with Crippen molar-refractivity contribution in [2.75, 3.05) is 37.6 Å². The highest BCUT2D eigenvalue weighted by Gasteiger charge is 2.23. The summed E-state index contributed by atoms with van der Waals surface area (Å²) in [6, 6.07) is 8.08. The molecule has 1 aromatic heterocycles. The monoisotopic (exact) mass is 396 g/mol. The van der Waals surface area contributed by atoms with Crippen molar-refractivity contribution in [3.63, 3.8) is 0 Å². The zero-order valence-electron chi connectivity index (χ0n) is 14.3. The third-order valence-electron chi connectivity index (χ3n) is 3.80. The second kappa shape index (κ2) is 8.07. The molecule has 2 heterocycles. The first kappa shape index (κ1) is 18.7. The molecular weight excluding hydrogens is 376 g/mol. The van der Waals surface area contributed by atoms with Crippen molar-refractivity contribution in [1.29, 1.82) is 0 Å². The maximum atomic E-state index is 12.5. The van der Waals surface area contributed by atoms with Gasteiger partial charge < -0.3 is 14.4 Å². The molecule has 2 aromatic rings. The molecule has 1 aliphatic heterocycles. The van der Waals surface area contributed by atoms with Crippen molar-refractivity contribution in [3.8, 4) is 5.75 Å². The van der Waals surface area contributed by atoms with Gasteiger partial charge in [0.2, 0.25) is 0 Å². The predicted molar refractivity (Wildman–Crippen MR) is 99.5 cm³/mol. The molecule has 0 spiro atoms. The fraction of sp³-hybridized carbons (Fsp3) is 0.353. The van der Waals surface area contributed by atoms with E-state index in [0.717, 1.165) is 11.3 Å². The molecule has 0 aliphatic carbocycles. The van der Waals surface area contributed by atoms with Gasteiger partial charge in [-0.15, -0.1) is 11.3 Å². The van der Waals surface area contributed by atoms with E-state index in [1.165, 1.54) is 6.07 Å². The van der Waals surface area contributed by atoms with Crippen LogP contribution >= 0.6 is 11.3 Å². The lowest BCUT2D eigenvalue weighted by atomic mass is 10.3. The molecule has 7 nitrogen and oxygen atoms in total. The van der Waals surface area contributed by atoms with Gasteiger partial charge in [0.15, 0.2) is 0 Å². The number of anilines is 1. The molecule has 1 aliphatic rings. The van der Waals surface area contributed by atoms with Crippen molar-refractivity contribution in [3.05, 3.63) is 41.3 Å². The average Bonchev–Trinajstić information content (AvgIpc) is 3.15. The minimum Gasteiger partial charge on any atom is -0.494 e. The number of benzene rings is 1. The Morgan fingerprint density at radius 2 is 1.96 bits per heavy atom. The second-order valence-electron chi connectivity index (χ2n) is 5.62. The Hall–Kier alpha value is -2.10. The summed E-state index contributed by atoms with van der Waals surface area (Å²) in [5.74, 6) is 0.497. The van der Waals surface area contributed by atoms with Crippen LogP contribution in [0.1, 0.15) is 17.3 Å². The number of sulfonamides is 1. The Morgan fingerprint density at radius 1 is 1.27 bits per heavy atom. The van der Waals surface area contributed by atoms with Crippen LogP contribution in [0.3, 0.4) is 0 Å². The number of amides is 1. The Morgan fingerprint density at radius 3 is 2.62 bits per heavy atom. The lowest BCUT2D eigenvalue weighted by Crippen LogP contribution is -2.40. The van der Waals surface area contributed by atoms with E-state index in [9.17, 15) is 13.2 Å². The molecule has 0 atom stereocenters. The van der Waals surface area contributed by atoms with Crippen LogP contribution in [0.15, 0.2) is 39.9 Å². The molecule has 1 fully saturated rings. The Balaban J connectivity index is 1.71. The van der Waals surface area contributed by atoms with Gasteiger partial charge in [-0.05, 0) is 37.3 Å². The highest BCUT2D eigenvalue weighted by molar-refractivity contribution is 7.94. The number of morpholine rings is 1. The van der Waals surface area contributed by atoms with Crippen LogP contribution in [0.5, 0.6) is 5.75 Å². The van der Waals surface area contributed by atoms with Crippen molar-refractivity contribution >= 4 is 33.0 Å². The third kappa shape index (κ3) is 4.35. The molecule has 1 amide bonds. The molecule has 0 saturated carbocycles. The zero-order valence-corrected chi connectivity index (χ0v) is 15.9. The first-order valence-electron chi connectivity index (χ1n) is 8.21. The summed E-state index contributed by atoms with van der Waals surface area (Å²) >= 11 is 1.03. The van der Waals surface area contributed by atoms with E-state index in [4.69, 9.17) is 9.47 Å². The summed E-state index contributed by atoms with van der Waals surface area (Å²) in [6.45, 7) is 4.45. The lowest BCUT2D eigenvalue weighted by molar-refractivity contribution is 0.0303. The number of nitrogens with one attached hydrogen (secondary N) is 1. The summed E-state index contributed by atoms with van der Waals surface area (Å²) in [7, 11) is -3.75. The van der Waals surface area contributed by atoms with Crippen LogP contribution in [0, 0.1) is 0 Å². The molecular formula is C17H20N2O5S2. The molecule has 0 radical (unpaired) electrons. The number of hydrogen-bond donors (Lipinski definition) is 1. The van der Waals surface area contributed by atoms with Crippen LogP contribution in [-0.2, 0) is 14.8 Å². The average molecular weight is 396 g/mol. The van der Waals surface area contributed by atoms with E-state index < -0.39 is 10.0 Å². The van der Waals surface area contributed by atoms with Crippen molar-refractivity contribution in [2.45, 2.75) is 11.1 Å². The molecule has 1 N–H and O–H groups in total. The number of ether oxygens (including phenoxy) is 2. The van der Waals surface area contributed by atoms with E-state index in [-0.39, 0.29) is 10.1 Å². The summed E-state index contributed by atoms with van der Waals surface area (Å²) in [4.78, 5) is 14.1. The van der Waals surface area contributed by atoms with Crippen LogP contribution < -0.4 is 9.46 Å². The van der Waals surface area contributed by atoms with E-state index >= 15 is 0 Å².